The lowest BCUT2D eigenvalue weighted by atomic mass is 10.1. The number of benzene rings is 17. The van der Waals surface area contributed by atoms with Crippen molar-refractivity contribution in [2.75, 3.05) is 6.61 Å². The Morgan fingerprint density at radius 3 is 1.03 bits per heavy atom. The van der Waals surface area contributed by atoms with Crippen LogP contribution >= 0.6 is 23.1 Å². The standard InChI is InChI=1S/C24H17OS2.C22H17O3S.C22H15OS2.C19H12NOS2.C18H12OS3/c25-27-23-12-6-4-10-21(23)26(22-11-5-7-13-24(22)27)20-16-14-19(15-17-20)18-8-2-1-3-9-18;1-2-25-22(24)15-11-13-16(14-12-15)26-19-9-5-3-7-17(19)21(23)18-8-4-6-10-20(18)26;23-25-21-11-5-3-9-19(21)24(20-10-4-6-12-22(20)25)18-14-13-16-7-1-2-8-17(16)15-18;20-13-14-6-5-7-15(12-14)22-16-8-1-3-10-18(16)23(21)19-11-4-2-9-17(19)22;19-22-17-7-3-1-5-15(17)21(14-11-9-13(20)10-12-14)16-6-2-4-8-18(16)22/h1-17H;3-14H,2H2,1H3;1-15H;1-12H;1-12H/q4*+1;/p+1. The van der Waals surface area contributed by atoms with E-state index in [2.05, 4.69) is 158 Å². The van der Waals surface area contributed by atoms with Gasteiger partial charge in [-0.15, -0.1) is 12.6 Å². The average molecular weight is 1780 g/mol. The molecule has 18 heteroatoms. The molecule has 0 amide bonds. The number of ether oxygens (including phenoxy) is 1. The molecular formula is C105H74NO7S10+5. The van der Waals surface area contributed by atoms with Crippen molar-refractivity contribution in [1.29, 1.82) is 5.26 Å². The maximum Gasteiger partial charge on any atom is 0.338 e. The second-order valence-electron chi connectivity index (χ2n) is 28.3. The van der Waals surface area contributed by atoms with Crippen molar-refractivity contribution >= 4 is 147 Å². The van der Waals surface area contributed by atoms with Gasteiger partial charge in [-0.05, 0) is 247 Å². The third-order valence-electron chi connectivity index (χ3n) is 20.9. The van der Waals surface area contributed by atoms with E-state index < -0.39 is 43.2 Å². The van der Waals surface area contributed by atoms with Crippen LogP contribution in [0.15, 0.2) is 520 Å². The Balaban J connectivity index is 0.000000105. The predicted molar refractivity (Wildman–Crippen MR) is 507 cm³/mol. The van der Waals surface area contributed by atoms with Gasteiger partial charge in [0.2, 0.25) is 5.43 Å². The first-order valence-corrected chi connectivity index (χ1v) is 50.6. The fraction of sp³-hybridized carbons (Fsp3) is 0.0190. The maximum absolute atomic E-state index is 13.0. The van der Waals surface area contributed by atoms with Crippen LogP contribution in [-0.2, 0) is 91.5 Å². The molecule has 18 aromatic rings. The fourth-order valence-corrected chi connectivity index (χ4v) is 34.7. The van der Waals surface area contributed by atoms with Gasteiger partial charge in [0.05, 0.1) is 117 Å². The number of esters is 1. The molecule has 0 saturated heterocycles. The van der Waals surface area contributed by atoms with Crippen molar-refractivity contribution in [3.63, 3.8) is 0 Å². The normalized spacial score (nSPS) is 16.9. The number of rotatable bonds is 8. The SMILES string of the molecule is CCOC(=O)c1ccc(-[s+]2c3ccccc3c(=O)c3ccccc32)cc1.N#Cc1cccc([S+]2c3ccccc3S(=O)c3ccccc32)c1.O=S1c2ccccc2[S+](c2ccc(-c3ccccc3)cc2)c2ccccc21.O=S1c2ccccc2[S+](c2ccc(S)cc2)c2ccccc21.O=S1c2ccccc2[S+](c2ccc3ccccc3c2)c2ccccc21. The molecule has 4 aliphatic heterocycles. The molecule has 0 spiro atoms. The molecule has 8 nitrogen and oxygen atoms in total. The molecule has 0 aliphatic carbocycles. The third kappa shape index (κ3) is 16.6. The van der Waals surface area contributed by atoms with E-state index in [0.717, 1.165) is 93.6 Å². The molecule has 596 valence electrons. The fourth-order valence-electron chi connectivity index (χ4n) is 15.2. The molecule has 0 N–H and O–H groups in total. The Kier molecular flexibility index (Phi) is 24.8. The summed E-state index contributed by atoms with van der Waals surface area (Å²) in [7, 11) is -5.85. The van der Waals surface area contributed by atoms with Crippen LogP contribution in [-0.4, -0.2) is 29.4 Å². The minimum atomic E-state index is -1.15. The first kappa shape index (κ1) is 82.2. The molecule has 5 heterocycles. The number of carbonyl (C=O) groups excluding carboxylic acids is 1. The Labute approximate surface area is 743 Å². The molecule has 17 aromatic carbocycles. The van der Waals surface area contributed by atoms with Crippen LogP contribution in [0, 0.1) is 11.3 Å². The van der Waals surface area contributed by atoms with Crippen LogP contribution in [0.4, 0.5) is 0 Å². The van der Waals surface area contributed by atoms with Crippen molar-refractivity contribution in [2.24, 2.45) is 0 Å². The highest BCUT2D eigenvalue weighted by atomic mass is 32.2. The van der Waals surface area contributed by atoms with Gasteiger partial charge in [-0.1, -0.05) is 182 Å². The summed E-state index contributed by atoms with van der Waals surface area (Å²) in [6, 6.07) is 140. The van der Waals surface area contributed by atoms with Crippen LogP contribution in [0.3, 0.4) is 0 Å². The van der Waals surface area contributed by atoms with Crippen molar-refractivity contribution in [2.45, 2.75) is 110 Å². The molecule has 0 fully saturated rings. The van der Waals surface area contributed by atoms with Gasteiger partial charge in [-0.25, -0.2) is 21.6 Å². The Bertz CT molecular complexity index is 7040. The van der Waals surface area contributed by atoms with Gasteiger partial charge in [0, 0.05) is 27.5 Å². The van der Waals surface area contributed by atoms with Gasteiger partial charge in [-0.3, -0.25) is 4.79 Å². The van der Waals surface area contributed by atoms with Gasteiger partial charge in [0.15, 0.2) is 73.0 Å². The quantitative estimate of drug-likeness (QED) is 0.0688. The molecule has 0 unspecified atom stereocenters. The summed E-state index contributed by atoms with van der Waals surface area (Å²) in [5, 5.41) is 13.2. The highest BCUT2D eigenvalue weighted by Gasteiger charge is 2.45. The van der Waals surface area contributed by atoms with Crippen LogP contribution in [0.25, 0.3) is 47.0 Å². The van der Waals surface area contributed by atoms with Crippen molar-refractivity contribution in [3.8, 4) is 22.1 Å². The summed E-state index contributed by atoms with van der Waals surface area (Å²) >= 11 is 4.38. The summed E-state index contributed by atoms with van der Waals surface area (Å²) in [5.74, 6) is -0.318. The molecule has 0 saturated carbocycles. The van der Waals surface area contributed by atoms with Gasteiger partial charge >= 0.3 is 5.97 Å². The summed E-state index contributed by atoms with van der Waals surface area (Å²) in [5.41, 5.74) is 3.69. The zero-order valence-electron chi connectivity index (χ0n) is 65.9. The van der Waals surface area contributed by atoms with Gasteiger partial charge in [0.1, 0.15) is 43.6 Å². The number of carbonyl (C=O) groups is 1. The van der Waals surface area contributed by atoms with Crippen LogP contribution in [0.2, 0.25) is 0 Å². The first-order valence-electron chi connectivity index (χ1n) is 39.5. The Morgan fingerprint density at radius 2 is 0.634 bits per heavy atom. The minimum absolute atomic E-state index is 0.0723. The number of nitrogens with zero attached hydrogens (tertiary/aromatic N) is 1. The highest BCUT2D eigenvalue weighted by Crippen LogP contribution is 2.49. The maximum atomic E-state index is 13.0. The van der Waals surface area contributed by atoms with Crippen LogP contribution in [0.5, 0.6) is 0 Å². The molecule has 0 bridgehead atoms. The minimum Gasteiger partial charge on any atom is -0.462 e. The molecule has 4 aliphatic rings. The van der Waals surface area contributed by atoms with E-state index in [1.54, 1.807) is 19.1 Å². The molecule has 22 rings (SSSR count). The molecule has 123 heavy (non-hydrogen) atoms. The van der Waals surface area contributed by atoms with E-state index in [9.17, 15) is 31.7 Å². The number of nitriles is 1. The van der Waals surface area contributed by atoms with E-state index in [0.29, 0.717) is 17.7 Å². The number of thiol groups is 1. The smallest absolute Gasteiger partial charge is 0.338 e. The lowest BCUT2D eigenvalue weighted by molar-refractivity contribution is 0.0526. The summed E-state index contributed by atoms with van der Waals surface area (Å²) in [6.07, 6.45) is 0. The van der Waals surface area contributed by atoms with Crippen LogP contribution < -0.4 is 5.43 Å². The molecular weight excluding hydrogens is 1710 g/mol. The van der Waals surface area contributed by atoms with E-state index in [4.69, 9.17) is 4.74 Å². The lowest BCUT2D eigenvalue weighted by Gasteiger charge is -2.19. The second-order valence-corrected chi connectivity index (χ2v) is 44.3. The number of fused-ring (bicyclic) bond motifs is 11. The first-order chi connectivity index (χ1) is 60.4. The van der Waals surface area contributed by atoms with Crippen molar-refractivity contribution in [1.82, 2.24) is 0 Å². The molecule has 0 radical (unpaired) electrons. The highest BCUT2D eigenvalue weighted by molar-refractivity contribution is 8.01. The van der Waals surface area contributed by atoms with Crippen molar-refractivity contribution in [3.05, 3.63) is 434 Å². The van der Waals surface area contributed by atoms with E-state index in [-0.39, 0.29) is 65.4 Å². The summed E-state index contributed by atoms with van der Waals surface area (Å²) < 4.78 is 58.9. The number of hydrogen-bond donors (Lipinski definition) is 1. The molecule has 0 atom stereocenters. The zero-order valence-corrected chi connectivity index (χ0v) is 74.1. The zero-order chi connectivity index (χ0) is 84.0. The topological polar surface area (TPSA) is 135 Å². The molecule has 1 aromatic heterocycles. The van der Waals surface area contributed by atoms with Gasteiger partial charge in [-0.2, -0.15) is 5.26 Å². The Morgan fingerprint density at radius 1 is 0.317 bits per heavy atom. The second kappa shape index (κ2) is 37.1. The largest absolute Gasteiger partial charge is 0.462 e. The Hall–Kier alpha value is -11.8. The summed E-state index contributed by atoms with van der Waals surface area (Å²) in [4.78, 5) is 48.2. The summed E-state index contributed by atoms with van der Waals surface area (Å²) in [6.45, 7) is 2.15. The van der Waals surface area contributed by atoms with E-state index in [1.165, 1.54) is 56.2 Å². The van der Waals surface area contributed by atoms with E-state index >= 15 is 0 Å². The van der Waals surface area contributed by atoms with Crippen molar-refractivity contribution < 1.29 is 26.4 Å². The number of hydrogen-bond acceptors (Lipinski definition) is 9. The lowest BCUT2D eigenvalue weighted by Crippen LogP contribution is -2.16. The van der Waals surface area contributed by atoms with Crippen LogP contribution in [0.1, 0.15) is 22.8 Å². The predicted octanol–water partition coefficient (Wildman–Crippen LogP) is 25.3. The third-order valence-corrected chi connectivity index (χ3v) is 39.9. The van der Waals surface area contributed by atoms with Gasteiger partial charge in [0.25, 0.3) is 0 Å². The average Bonchev–Trinajstić information content (AvgIpc) is 0.767. The van der Waals surface area contributed by atoms with Gasteiger partial charge < -0.3 is 4.74 Å². The van der Waals surface area contributed by atoms with E-state index in [1.807, 2.05) is 261 Å². The monoisotopic (exact) mass is 1780 g/mol.